The third-order valence-electron chi connectivity index (χ3n) is 6.38. The van der Waals surface area contributed by atoms with Gasteiger partial charge in [-0.25, -0.2) is 0 Å². The number of halogens is 2. The molecule has 0 amide bonds. The molecule has 24 heavy (non-hydrogen) atoms. The molecule has 132 valence electrons. The molecule has 0 aromatic carbocycles. The Kier molecular flexibility index (Phi) is 10.6. The summed E-state index contributed by atoms with van der Waals surface area (Å²) in [5.74, 6) is 0. The molecule has 0 heterocycles. The second-order valence-corrected chi connectivity index (χ2v) is 13.1. The summed E-state index contributed by atoms with van der Waals surface area (Å²) < 4.78 is 3.67. The zero-order valence-corrected chi connectivity index (χ0v) is 22.1. The van der Waals surface area contributed by atoms with E-state index >= 15 is 0 Å². The van der Waals surface area contributed by atoms with Gasteiger partial charge in [0, 0.05) is 0 Å². The van der Waals surface area contributed by atoms with E-state index in [0.29, 0.717) is 10.8 Å². The molecular formula is C20H33Cl2NaU. The fourth-order valence-corrected chi connectivity index (χ4v) is 12.1. The fraction of sp³-hybridized carbons (Fsp3) is 0.600. The number of rotatable bonds is 2. The Morgan fingerprint density at radius 2 is 0.792 bits per heavy atom. The van der Waals surface area contributed by atoms with Gasteiger partial charge in [-0.15, -0.1) is 24.8 Å². The minimum absolute atomic E-state index is 0. The van der Waals surface area contributed by atoms with E-state index in [-0.39, 0.29) is 54.4 Å². The van der Waals surface area contributed by atoms with Gasteiger partial charge in [-0.2, -0.15) is 0 Å². The summed E-state index contributed by atoms with van der Waals surface area (Å²) in [4.78, 5) is 0. The third-order valence-corrected chi connectivity index (χ3v) is 16.8. The monoisotopic (exact) mass is 604 g/mol. The maximum absolute atomic E-state index is 2.44. The summed E-state index contributed by atoms with van der Waals surface area (Å²) in [7, 11) is 0. The average molecular weight is 605 g/mol. The van der Waals surface area contributed by atoms with Crippen LogP contribution in [-0.2, 0) is 0 Å². The van der Waals surface area contributed by atoms with Crippen LogP contribution in [0, 0.1) is 38.6 Å². The second kappa shape index (κ2) is 9.19. The van der Waals surface area contributed by atoms with E-state index in [2.05, 4.69) is 69.2 Å². The SMILES string of the molecule is CC1=C(C)C(C)(C)[C]([U][C]2=C(C)C(C)=C(C)C2(C)C)=C1C.Cl.Cl.[NaH]. The Labute approximate surface area is 198 Å². The van der Waals surface area contributed by atoms with Crippen molar-refractivity contribution in [3.63, 3.8) is 0 Å². The topological polar surface area (TPSA) is 0 Å². The maximum atomic E-state index is 2.44. The molecule has 0 nitrogen and oxygen atoms in total. The summed E-state index contributed by atoms with van der Waals surface area (Å²) in [6, 6.07) is 0. The molecule has 2 aliphatic rings. The number of hydrogen-bond donors (Lipinski definition) is 0. The molecule has 0 bridgehead atoms. The van der Waals surface area contributed by atoms with Crippen LogP contribution in [0.1, 0.15) is 69.2 Å². The first-order chi connectivity index (χ1) is 9.44. The van der Waals surface area contributed by atoms with Crippen molar-refractivity contribution < 1.29 is 27.7 Å². The van der Waals surface area contributed by atoms with E-state index in [4.69, 9.17) is 0 Å². The first kappa shape index (κ1) is 27.8. The molecule has 0 aromatic heterocycles. The van der Waals surface area contributed by atoms with E-state index in [9.17, 15) is 0 Å². The first-order valence-corrected chi connectivity index (χ1v) is 12.2. The van der Waals surface area contributed by atoms with Crippen LogP contribution < -0.4 is 0 Å². The van der Waals surface area contributed by atoms with Crippen LogP contribution in [0.5, 0.6) is 0 Å². The summed E-state index contributed by atoms with van der Waals surface area (Å²) in [6.07, 6.45) is 0. The Morgan fingerprint density at radius 3 is 0.958 bits per heavy atom. The van der Waals surface area contributed by atoms with Crippen molar-refractivity contribution >= 4 is 54.4 Å². The van der Waals surface area contributed by atoms with E-state index in [1.54, 1.807) is 33.4 Å². The molecule has 0 N–H and O–H groups in total. The van der Waals surface area contributed by atoms with Gasteiger partial charge in [0.2, 0.25) is 0 Å². The van der Waals surface area contributed by atoms with Gasteiger partial charge in [0.05, 0.1) is 0 Å². The van der Waals surface area contributed by atoms with Crippen LogP contribution in [-0.4, -0.2) is 29.6 Å². The molecule has 0 fully saturated rings. The molecular weight excluding hydrogens is 572 g/mol. The van der Waals surface area contributed by atoms with E-state index < -0.39 is 27.7 Å². The van der Waals surface area contributed by atoms with Gasteiger partial charge < -0.3 is 0 Å². The Morgan fingerprint density at radius 1 is 0.542 bits per heavy atom. The molecule has 4 heteroatoms. The van der Waals surface area contributed by atoms with Crippen LogP contribution in [0.2, 0.25) is 0 Å². The van der Waals surface area contributed by atoms with Crippen LogP contribution >= 0.6 is 24.8 Å². The van der Waals surface area contributed by atoms with E-state index in [1.165, 1.54) is 0 Å². The molecule has 0 radical (unpaired) electrons. The van der Waals surface area contributed by atoms with Crippen molar-refractivity contribution in [3.05, 3.63) is 38.7 Å². The molecule has 2 rings (SSSR count). The standard InChI is InChI=1S/2C10H15.2ClH.Na.U.H/c2*1-7-6-10(4,5)9(3)8(7)2;;;;;/h2*1-5H3;2*1H;;;. The van der Waals surface area contributed by atoms with Gasteiger partial charge in [-0.1, -0.05) is 0 Å². The normalized spacial score (nSPS) is 21.4. The first-order valence-electron chi connectivity index (χ1n) is 8.00. The van der Waals surface area contributed by atoms with Gasteiger partial charge in [0.1, 0.15) is 0 Å². The van der Waals surface area contributed by atoms with Crippen molar-refractivity contribution in [3.8, 4) is 0 Å². The second-order valence-electron chi connectivity index (χ2n) is 7.88. The average Bonchev–Trinajstić information content (AvgIpc) is 2.63. The van der Waals surface area contributed by atoms with Crippen LogP contribution in [0.15, 0.2) is 38.7 Å². The summed E-state index contributed by atoms with van der Waals surface area (Å²) in [5.41, 5.74) is 10.2. The van der Waals surface area contributed by atoms with Crippen LogP contribution in [0.3, 0.4) is 0 Å². The van der Waals surface area contributed by atoms with Gasteiger partial charge in [-0.3, -0.25) is 0 Å². The van der Waals surface area contributed by atoms with Crippen LogP contribution in [0.4, 0.5) is 0 Å². The Hall–Kier alpha value is 1.59. The third kappa shape index (κ3) is 4.19. The molecule has 0 aromatic rings. The van der Waals surface area contributed by atoms with Crippen molar-refractivity contribution in [2.24, 2.45) is 10.8 Å². The Balaban J connectivity index is 0. The quantitative estimate of drug-likeness (QED) is 0.313. The van der Waals surface area contributed by atoms with Crippen molar-refractivity contribution in [2.45, 2.75) is 69.2 Å². The van der Waals surface area contributed by atoms with Gasteiger partial charge >= 0.3 is 176 Å². The molecule has 0 spiro atoms. The molecule has 0 saturated heterocycles. The van der Waals surface area contributed by atoms with Gasteiger partial charge in [0.25, 0.3) is 0 Å². The van der Waals surface area contributed by atoms with Crippen molar-refractivity contribution in [1.82, 2.24) is 0 Å². The van der Waals surface area contributed by atoms with Gasteiger partial charge in [0.15, 0.2) is 0 Å². The Bertz CT molecular complexity index is 591. The fourth-order valence-electron chi connectivity index (χ4n) is 3.81. The van der Waals surface area contributed by atoms with Gasteiger partial charge in [-0.05, 0) is 0 Å². The molecule has 0 unspecified atom stereocenters. The molecule has 2 aliphatic carbocycles. The molecule has 0 atom stereocenters. The number of allylic oxidation sites excluding steroid dienone is 8. The summed E-state index contributed by atoms with van der Waals surface area (Å²) >= 11 is -1.16. The molecule has 0 saturated carbocycles. The predicted octanol–water partition coefficient (Wildman–Crippen LogP) is 6.57. The van der Waals surface area contributed by atoms with E-state index in [1.807, 2.05) is 5.21 Å². The minimum atomic E-state index is -1.16. The summed E-state index contributed by atoms with van der Waals surface area (Å²) in [5, 5.41) is 0. The van der Waals surface area contributed by atoms with Crippen LogP contribution in [0.25, 0.3) is 0 Å². The van der Waals surface area contributed by atoms with Crippen molar-refractivity contribution in [2.75, 3.05) is 0 Å². The predicted molar refractivity (Wildman–Crippen MR) is 111 cm³/mol. The zero-order chi connectivity index (χ0) is 16.3. The molecule has 0 aliphatic heterocycles. The number of hydrogen-bond acceptors (Lipinski definition) is 0. The summed E-state index contributed by atoms with van der Waals surface area (Å²) in [6.45, 7) is 23.8. The van der Waals surface area contributed by atoms with E-state index in [0.717, 1.165) is 0 Å². The van der Waals surface area contributed by atoms with Crippen molar-refractivity contribution in [1.29, 1.82) is 0 Å². The zero-order valence-electron chi connectivity index (χ0n) is 16.3.